The van der Waals surface area contributed by atoms with E-state index >= 15 is 0 Å². The molecule has 0 radical (unpaired) electrons. The molecule has 0 aliphatic heterocycles. The fraction of sp³-hybridized carbons (Fsp3) is 0. The van der Waals surface area contributed by atoms with Gasteiger partial charge in [-0.2, -0.15) is 5.26 Å². The van der Waals surface area contributed by atoms with Gasteiger partial charge in [-0.25, -0.2) is 17.2 Å². The lowest BCUT2D eigenvalue weighted by molar-refractivity contribution is 0.581. The number of sulfonamides is 1. The van der Waals surface area contributed by atoms with Gasteiger partial charge in [0.1, 0.15) is 17.7 Å². The highest BCUT2D eigenvalue weighted by molar-refractivity contribution is 9.10. The number of nitrogens with zero attached hydrogens (tertiary/aromatic N) is 1. The molecule has 0 saturated heterocycles. The van der Waals surface area contributed by atoms with Gasteiger partial charge in [0.2, 0.25) is 0 Å². The molecule has 0 unspecified atom stereocenters. The summed E-state index contributed by atoms with van der Waals surface area (Å²) in [5.41, 5.74) is 0.0399. The highest BCUT2D eigenvalue weighted by Gasteiger charge is 2.18. The lowest BCUT2D eigenvalue weighted by Gasteiger charge is -2.07. The van der Waals surface area contributed by atoms with Crippen molar-refractivity contribution in [3.8, 4) is 6.07 Å². The summed E-state index contributed by atoms with van der Waals surface area (Å²) in [6.45, 7) is 0. The average Bonchev–Trinajstić information content (AvgIpc) is 2.48. The van der Waals surface area contributed by atoms with Crippen molar-refractivity contribution in [2.45, 2.75) is 0 Å². The molecule has 0 spiro atoms. The Morgan fingerprint density at radius 2 is 1.83 bits per heavy atom. The number of allylic oxidation sites excluding steroid dienone is 1. The van der Waals surface area contributed by atoms with E-state index in [1.54, 1.807) is 12.1 Å². The number of hydrogen-bond acceptors (Lipinski definition) is 3. The van der Waals surface area contributed by atoms with E-state index in [9.17, 15) is 17.2 Å². The van der Waals surface area contributed by atoms with Crippen LogP contribution in [-0.2, 0) is 10.0 Å². The number of rotatable bonds is 4. The third-order valence-electron chi connectivity index (χ3n) is 2.75. The predicted octanol–water partition coefficient (Wildman–Crippen LogP) is 4.03. The summed E-state index contributed by atoms with van der Waals surface area (Å²) in [5, 5.41) is 9.05. The molecule has 0 amide bonds. The number of anilines is 1. The molecule has 0 fully saturated rings. The van der Waals surface area contributed by atoms with Crippen molar-refractivity contribution in [1.82, 2.24) is 0 Å². The van der Waals surface area contributed by atoms with Crippen LogP contribution in [0.4, 0.5) is 14.5 Å². The first-order chi connectivity index (χ1) is 10.8. The Bertz CT molecular complexity index is 904. The molecule has 0 aliphatic rings. The van der Waals surface area contributed by atoms with E-state index in [1.807, 2.05) is 0 Å². The highest BCUT2D eigenvalue weighted by atomic mass is 79.9. The molecule has 118 valence electrons. The number of hydrogen-bond donors (Lipinski definition) is 1. The molecule has 0 aliphatic carbocycles. The normalized spacial score (nSPS) is 11.8. The van der Waals surface area contributed by atoms with Crippen molar-refractivity contribution in [3.05, 3.63) is 69.0 Å². The van der Waals surface area contributed by atoms with Crippen molar-refractivity contribution >= 4 is 37.7 Å². The summed E-state index contributed by atoms with van der Waals surface area (Å²) in [6, 6.07) is 10.4. The number of nitriles is 1. The molecule has 2 aromatic rings. The summed E-state index contributed by atoms with van der Waals surface area (Å²) in [7, 11) is -4.19. The Labute approximate surface area is 140 Å². The number of nitrogens with one attached hydrogen (secondary N) is 1. The zero-order valence-electron chi connectivity index (χ0n) is 11.4. The molecule has 4 nitrogen and oxygen atoms in total. The Hall–Kier alpha value is -2.24. The minimum absolute atomic E-state index is 0.205. The molecule has 2 aromatic carbocycles. The second-order valence-corrected chi connectivity index (χ2v) is 6.97. The first kappa shape index (κ1) is 17.1. The van der Waals surface area contributed by atoms with Crippen molar-refractivity contribution < 1.29 is 17.2 Å². The molecule has 0 atom stereocenters. The monoisotopic (exact) mass is 398 g/mol. The fourth-order valence-electron chi connectivity index (χ4n) is 1.66. The first-order valence-electron chi connectivity index (χ1n) is 6.17. The van der Waals surface area contributed by atoms with Crippen LogP contribution in [0.2, 0.25) is 0 Å². The van der Waals surface area contributed by atoms with E-state index in [2.05, 4.69) is 20.7 Å². The summed E-state index contributed by atoms with van der Waals surface area (Å²) in [6.07, 6.45) is 0.843. The van der Waals surface area contributed by atoms with Gasteiger partial charge >= 0.3 is 0 Å². The van der Waals surface area contributed by atoms with E-state index in [1.165, 1.54) is 18.2 Å². The third-order valence-corrected chi connectivity index (χ3v) is 4.57. The smallest absolute Gasteiger partial charge is 0.272 e. The SMILES string of the molecule is N#C/C(=C/c1ccc(F)cc1F)S(=O)(=O)Nc1ccc(Br)cc1. The molecule has 23 heavy (non-hydrogen) atoms. The van der Waals surface area contributed by atoms with Gasteiger partial charge < -0.3 is 0 Å². The van der Waals surface area contributed by atoms with Crippen LogP contribution in [0.25, 0.3) is 6.08 Å². The topological polar surface area (TPSA) is 70.0 Å². The Morgan fingerprint density at radius 1 is 1.17 bits per heavy atom. The maximum atomic E-state index is 13.6. The van der Waals surface area contributed by atoms with Crippen LogP contribution in [0.5, 0.6) is 0 Å². The van der Waals surface area contributed by atoms with Crippen LogP contribution in [0.1, 0.15) is 5.56 Å². The predicted molar refractivity (Wildman–Crippen MR) is 86.6 cm³/mol. The quantitative estimate of drug-likeness (QED) is 0.790. The standard InChI is InChI=1S/C15H9BrF2N2O2S/c16-11-2-5-13(6-3-11)20-23(21,22)14(9-19)7-10-1-4-12(17)8-15(10)18/h1-8,20H/b14-7-. The van der Waals surface area contributed by atoms with E-state index in [-0.39, 0.29) is 11.3 Å². The zero-order valence-corrected chi connectivity index (χ0v) is 13.8. The lowest BCUT2D eigenvalue weighted by Crippen LogP contribution is -2.14. The van der Waals surface area contributed by atoms with Crippen LogP contribution < -0.4 is 4.72 Å². The molecular formula is C15H9BrF2N2O2S. The molecule has 1 N–H and O–H groups in total. The molecule has 0 bridgehead atoms. The maximum Gasteiger partial charge on any atom is 0.272 e. The van der Waals surface area contributed by atoms with E-state index in [4.69, 9.17) is 5.26 Å². The van der Waals surface area contributed by atoms with E-state index < -0.39 is 26.6 Å². The first-order valence-corrected chi connectivity index (χ1v) is 8.45. The van der Waals surface area contributed by atoms with Crippen molar-refractivity contribution in [3.63, 3.8) is 0 Å². The van der Waals surface area contributed by atoms with Gasteiger partial charge in [-0.05, 0) is 42.5 Å². The molecule has 0 saturated carbocycles. The van der Waals surface area contributed by atoms with Crippen molar-refractivity contribution in [2.24, 2.45) is 0 Å². The van der Waals surface area contributed by atoms with Gasteiger partial charge in [-0.3, -0.25) is 4.72 Å². The molecule has 0 aromatic heterocycles. The lowest BCUT2D eigenvalue weighted by atomic mass is 10.2. The average molecular weight is 399 g/mol. The third kappa shape index (κ3) is 4.37. The Balaban J connectivity index is 2.37. The van der Waals surface area contributed by atoms with E-state index in [0.717, 1.165) is 22.7 Å². The van der Waals surface area contributed by atoms with Crippen LogP contribution in [0.15, 0.2) is 51.8 Å². The van der Waals surface area contributed by atoms with Crippen LogP contribution in [0, 0.1) is 23.0 Å². The van der Waals surface area contributed by atoms with Gasteiger partial charge in [-0.15, -0.1) is 0 Å². The molecular weight excluding hydrogens is 390 g/mol. The number of benzene rings is 2. The fourth-order valence-corrected chi connectivity index (χ4v) is 2.88. The summed E-state index contributed by atoms with van der Waals surface area (Å²) < 4.78 is 53.8. The van der Waals surface area contributed by atoms with Crippen LogP contribution >= 0.6 is 15.9 Å². The summed E-state index contributed by atoms with van der Waals surface area (Å²) in [5.74, 6) is -1.76. The second kappa shape index (κ2) is 6.89. The van der Waals surface area contributed by atoms with Gasteiger partial charge in [0.15, 0.2) is 4.91 Å². The van der Waals surface area contributed by atoms with Crippen molar-refractivity contribution in [2.75, 3.05) is 4.72 Å². The van der Waals surface area contributed by atoms with Gasteiger partial charge in [0.05, 0.1) is 0 Å². The summed E-state index contributed by atoms with van der Waals surface area (Å²) >= 11 is 3.21. The van der Waals surface area contributed by atoms with Gasteiger partial charge in [0, 0.05) is 21.8 Å². The number of halogens is 3. The second-order valence-electron chi connectivity index (χ2n) is 4.40. The molecule has 2 rings (SSSR count). The molecule has 8 heteroatoms. The minimum Gasteiger partial charge on any atom is -0.279 e. The largest absolute Gasteiger partial charge is 0.279 e. The zero-order chi connectivity index (χ0) is 17.0. The molecule has 0 heterocycles. The maximum absolute atomic E-state index is 13.6. The van der Waals surface area contributed by atoms with Crippen LogP contribution in [-0.4, -0.2) is 8.42 Å². The summed E-state index contributed by atoms with van der Waals surface area (Å²) in [4.78, 5) is -0.689. The Morgan fingerprint density at radius 3 is 2.39 bits per heavy atom. The highest BCUT2D eigenvalue weighted by Crippen LogP contribution is 2.20. The van der Waals surface area contributed by atoms with Gasteiger partial charge in [-0.1, -0.05) is 15.9 Å². The van der Waals surface area contributed by atoms with E-state index in [0.29, 0.717) is 6.07 Å². The minimum atomic E-state index is -4.19. The van der Waals surface area contributed by atoms with Gasteiger partial charge in [0.25, 0.3) is 10.0 Å². The van der Waals surface area contributed by atoms with Crippen LogP contribution in [0.3, 0.4) is 0 Å². The Kier molecular flexibility index (Phi) is 5.13. The van der Waals surface area contributed by atoms with Crippen molar-refractivity contribution in [1.29, 1.82) is 5.26 Å².